The van der Waals surface area contributed by atoms with E-state index in [0.29, 0.717) is 6.54 Å². The highest BCUT2D eigenvalue weighted by Gasteiger charge is 2.00. The zero-order valence-electron chi connectivity index (χ0n) is 8.72. The van der Waals surface area contributed by atoms with E-state index in [9.17, 15) is 0 Å². The third-order valence-electron chi connectivity index (χ3n) is 2.29. The number of aromatic nitrogens is 3. The zero-order valence-corrected chi connectivity index (χ0v) is 8.72. The summed E-state index contributed by atoms with van der Waals surface area (Å²) in [7, 11) is 0. The molecule has 4 nitrogen and oxygen atoms in total. The second-order valence-electron chi connectivity index (χ2n) is 3.33. The van der Waals surface area contributed by atoms with Crippen molar-refractivity contribution in [3.63, 3.8) is 0 Å². The molecule has 0 bridgehead atoms. The molecule has 0 aliphatic heterocycles. The molecule has 0 unspecified atom stereocenters. The number of benzene rings is 1. The lowest BCUT2D eigenvalue weighted by atomic mass is 10.2. The minimum atomic E-state index is 0.567. The number of hydrogen-bond donors (Lipinski definition) is 1. The average molecular weight is 202 g/mol. The van der Waals surface area contributed by atoms with Crippen LogP contribution in [-0.4, -0.2) is 14.8 Å². The van der Waals surface area contributed by atoms with Crippen molar-refractivity contribution in [3.8, 4) is 5.69 Å². The summed E-state index contributed by atoms with van der Waals surface area (Å²) in [5.74, 6) is 0.859. The van der Waals surface area contributed by atoms with E-state index in [1.54, 1.807) is 11.0 Å². The van der Waals surface area contributed by atoms with Gasteiger partial charge in [-0.25, -0.2) is 9.67 Å². The minimum Gasteiger partial charge on any atom is -0.326 e. The monoisotopic (exact) mass is 202 g/mol. The summed E-state index contributed by atoms with van der Waals surface area (Å²) in [6.07, 6.45) is 2.59. The number of nitrogens with zero attached hydrogens (tertiary/aromatic N) is 3. The molecule has 0 atom stereocenters. The quantitative estimate of drug-likeness (QED) is 0.815. The normalized spacial score (nSPS) is 10.5. The van der Waals surface area contributed by atoms with Crippen LogP contribution in [0.1, 0.15) is 18.3 Å². The van der Waals surface area contributed by atoms with E-state index in [2.05, 4.69) is 10.1 Å². The maximum absolute atomic E-state index is 5.53. The third kappa shape index (κ3) is 2.05. The molecule has 2 rings (SSSR count). The molecule has 0 radical (unpaired) electrons. The summed E-state index contributed by atoms with van der Waals surface area (Å²) < 4.78 is 1.78. The Labute approximate surface area is 88.8 Å². The maximum atomic E-state index is 5.53. The number of aryl methyl sites for hydroxylation is 1. The molecule has 2 N–H and O–H groups in total. The van der Waals surface area contributed by atoms with Crippen molar-refractivity contribution in [2.75, 3.05) is 0 Å². The lowest BCUT2D eigenvalue weighted by Gasteiger charge is -2.01. The van der Waals surface area contributed by atoms with Crippen LogP contribution in [-0.2, 0) is 13.0 Å². The smallest absolute Gasteiger partial charge is 0.150 e. The van der Waals surface area contributed by atoms with Crippen LogP contribution in [0, 0.1) is 0 Å². The van der Waals surface area contributed by atoms with Crippen molar-refractivity contribution >= 4 is 0 Å². The van der Waals surface area contributed by atoms with Crippen molar-refractivity contribution in [3.05, 3.63) is 42.0 Å². The molecule has 1 aromatic heterocycles. The van der Waals surface area contributed by atoms with Crippen LogP contribution in [0.25, 0.3) is 5.69 Å². The summed E-state index contributed by atoms with van der Waals surface area (Å²) in [6.45, 7) is 2.61. The van der Waals surface area contributed by atoms with Crippen molar-refractivity contribution in [1.29, 1.82) is 0 Å². The summed E-state index contributed by atoms with van der Waals surface area (Å²) in [5.41, 5.74) is 7.66. The molecule has 4 heteroatoms. The van der Waals surface area contributed by atoms with Crippen molar-refractivity contribution in [1.82, 2.24) is 14.8 Å². The molecule has 1 aromatic carbocycles. The molecule has 0 aliphatic carbocycles. The fourth-order valence-corrected chi connectivity index (χ4v) is 1.37. The summed E-state index contributed by atoms with van der Waals surface area (Å²) >= 11 is 0. The van der Waals surface area contributed by atoms with Gasteiger partial charge in [-0.3, -0.25) is 0 Å². The Morgan fingerprint density at radius 2 is 2.00 bits per heavy atom. The number of nitrogens with two attached hydrogens (primary N) is 1. The SMILES string of the molecule is CCc1ncn(-c2ccc(CN)cc2)n1. The van der Waals surface area contributed by atoms with Gasteiger partial charge in [-0.2, -0.15) is 5.10 Å². The van der Waals surface area contributed by atoms with Crippen LogP contribution in [0.15, 0.2) is 30.6 Å². The van der Waals surface area contributed by atoms with Gasteiger partial charge in [0.1, 0.15) is 6.33 Å². The van der Waals surface area contributed by atoms with Crippen LogP contribution in [0.2, 0.25) is 0 Å². The van der Waals surface area contributed by atoms with E-state index in [1.807, 2.05) is 31.2 Å². The maximum Gasteiger partial charge on any atom is 0.150 e. The summed E-state index contributed by atoms with van der Waals surface area (Å²) in [5, 5.41) is 4.33. The van der Waals surface area contributed by atoms with Gasteiger partial charge in [0.05, 0.1) is 5.69 Å². The molecule has 0 spiro atoms. The van der Waals surface area contributed by atoms with E-state index in [-0.39, 0.29) is 0 Å². The highest BCUT2D eigenvalue weighted by molar-refractivity contribution is 5.33. The topological polar surface area (TPSA) is 56.7 Å². The standard InChI is InChI=1S/C11H14N4/c1-2-11-13-8-15(14-11)10-5-3-9(7-12)4-6-10/h3-6,8H,2,7,12H2,1H3. The molecule has 15 heavy (non-hydrogen) atoms. The largest absolute Gasteiger partial charge is 0.326 e. The number of hydrogen-bond acceptors (Lipinski definition) is 3. The van der Waals surface area contributed by atoms with Gasteiger partial charge >= 0.3 is 0 Å². The van der Waals surface area contributed by atoms with Gasteiger partial charge in [0.25, 0.3) is 0 Å². The predicted molar refractivity (Wildman–Crippen MR) is 58.6 cm³/mol. The molecule has 0 saturated heterocycles. The molecule has 0 amide bonds. The van der Waals surface area contributed by atoms with E-state index in [0.717, 1.165) is 23.5 Å². The zero-order chi connectivity index (χ0) is 10.7. The first-order valence-electron chi connectivity index (χ1n) is 5.03. The first-order chi connectivity index (χ1) is 7.33. The van der Waals surface area contributed by atoms with E-state index in [1.165, 1.54) is 0 Å². The molecule has 0 saturated carbocycles. The van der Waals surface area contributed by atoms with E-state index < -0.39 is 0 Å². The minimum absolute atomic E-state index is 0.567. The highest BCUT2D eigenvalue weighted by Crippen LogP contribution is 2.08. The average Bonchev–Trinajstić information content (AvgIpc) is 2.78. The van der Waals surface area contributed by atoms with Crippen LogP contribution < -0.4 is 5.73 Å². The van der Waals surface area contributed by atoms with Gasteiger partial charge in [-0.1, -0.05) is 19.1 Å². The molecule has 1 heterocycles. The Kier molecular flexibility index (Phi) is 2.78. The van der Waals surface area contributed by atoms with E-state index >= 15 is 0 Å². The molecule has 2 aromatic rings. The Bertz CT molecular complexity index is 430. The molecular formula is C11H14N4. The first kappa shape index (κ1) is 9.86. The second-order valence-corrected chi connectivity index (χ2v) is 3.33. The Morgan fingerprint density at radius 3 is 2.53 bits per heavy atom. The van der Waals surface area contributed by atoms with Crippen molar-refractivity contribution in [2.45, 2.75) is 19.9 Å². The summed E-state index contributed by atoms with van der Waals surface area (Å²) in [4.78, 5) is 4.18. The third-order valence-corrected chi connectivity index (χ3v) is 2.29. The lowest BCUT2D eigenvalue weighted by Crippen LogP contribution is -1.98. The Hall–Kier alpha value is -1.68. The van der Waals surface area contributed by atoms with E-state index in [4.69, 9.17) is 5.73 Å². The fraction of sp³-hybridized carbons (Fsp3) is 0.273. The van der Waals surface area contributed by atoms with Gasteiger partial charge in [0.15, 0.2) is 5.82 Å². The second kappa shape index (κ2) is 4.23. The van der Waals surface area contributed by atoms with Crippen LogP contribution >= 0.6 is 0 Å². The predicted octanol–water partition coefficient (Wildman–Crippen LogP) is 1.29. The van der Waals surface area contributed by atoms with Gasteiger partial charge in [-0.15, -0.1) is 0 Å². The first-order valence-corrected chi connectivity index (χ1v) is 5.03. The molecular weight excluding hydrogens is 188 g/mol. The van der Waals surface area contributed by atoms with Crippen LogP contribution in [0.5, 0.6) is 0 Å². The summed E-state index contributed by atoms with van der Waals surface area (Å²) in [6, 6.07) is 8.00. The van der Waals surface area contributed by atoms with Gasteiger partial charge in [0, 0.05) is 13.0 Å². The van der Waals surface area contributed by atoms with Gasteiger partial charge in [-0.05, 0) is 17.7 Å². The molecule has 78 valence electrons. The van der Waals surface area contributed by atoms with Crippen LogP contribution in [0.3, 0.4) is 0 Å². The number of rotatable bonds is 3. The Morgan fingerprint density at radius 1 is 1.27 bits per heavy atom. The fourth-order valence-electron chi connectivity index (χ4n) is 1.37. The van der Waals surface area contributed by atoms with Gasteiger partial charge < -0.3 is 5.73 Å². The molecule has 0 aliphatic rings. The molecule has 0 fully saturated rings. The Balaban J connectivity index is 2.28. The van der Waals surface area contributed by atoms with Gasteiger partial charge in [0.2, 0.25) is 0 Å². The van der Waals surface area contributed by atoms with Crippen LogP contribution in [0.4, 0.5) is 0 Å². The lowest BCUT2D eigenvalue weighted by molar-refractivity contribution is 0.838. The van der Waals surface area contributed by atoms with Crippen molar-refractivity contribution < 1.29 is 0 Å². The van der Waals surface area contributed by atoms with Crippen molar-refractivity contribution in [2.24, 2.45) is 5.73 Å². The highest BCUT2D eigenvalue weighted by atomic mass is 15.3.